The highest BCUT2D eigenvalue weighted by Crippen LogP contribution is 2.45. The van der Waals surface area contributed by atoms with Gasteiger partial charge in [-0.15, -0.1) is 0 Å². The summed E-state index contributed by atoms with van der Waals surface area (Å²) < 4.78 is 68.7. The van der Waals surface area contributed by atoms with Crippen LogP contribution in [0.2, 0.25) is 0 Å². The number of ether oxygens (including phenoxy) is 4. The molecule has 0 saturated carbocycles. The van der Waals surface area contributed by atoms with Crippen molar-refractivity contribution >= 4 is 39.5 Å². The fourth-order valence-corrected chi connectivity index (χ4v) is 13.9. The summed E-state index contributed by atoms with van der Waals surface area (Å²) in [6, 6.07) is 0. The summed E-state index contributed by atoms with van der Waals surface area (Å²) in [7, 11) is -9.92. The molecule has 0 aliphatic rings. The molecule has 0 aliphatic carbocycles. The summed E-state index contributed by atoms with van der Waals surface area (Å²) in [5.74, 6) is 1.08. The van der Waals surface area contributed by atoms with E-state index in [0.29, 0.717) is 25.7 Å². The molecule has 3 N–H and O–H groups in total. The number of hydrogen-bond donors (Lipinski definition) is 3. The highest BCUT2D eigenvalue weighted by Gasteiger charge is 2.30. The molecule has 17 nitrogen and oxygen atoms in total. The summed E-state index contributed by atoms with van der Waals surface area (Å²) >= 11 is 0. The molecule has 0 heterocycles. The van der Waals surface area contributed by atoms with Gasteiger partial charge in [0.1, 0.15) is 19.3 Å². The fraction of sp³-hybridized carbons (Fsp3) is 0.951. The minimum atomic E-state index is -4.96. The molecule has 0 spiro atoms. The molecule has 0 saturated heterocycles. The van der Waals surface area contributed by atoms with Crippen molar-refractivity contribution in [3.63, 3.8) is 0 Å². The van der Waals surface area contributed by atoms with Crippen molar-refractivity contribution in [2.45, 2.75) is 433 Å². The van der Waals surface area contributed by atoms with E-state index < -0.39 is 97.5 Å². The fourth-order valence-electron chi connectivity index (χ4n) is 12.3. The molecule has 100 heavy (non-hydrogen) atoms. The third-order valence-electron chi connectivity index (χ3n) is 19.9. The summed E-state index contributed by atoms with van der Waals surface area (Å²) in [6.07, 6.45) is 56.7. The molecule has 5 unspecified atom stereocenters. The Bertz CT molecular complexity index is 1960. The summed E-state index contributed by atoms with van der Waals surface area (Å²) in [6.45, 7) is 14.3. The van der Waals surface area contributed by atoms with Crippen LogP contribution in [-0.4, -0.2) is 96.7 Å². The molecule has 0 aromatic rings. The van der Waals surface area contributed by atoms with E-state index in [1.165, 1.54) is 212 Å². The van der Waals surface area contributed by atoms with E-state index in [9.17, 15) is 43.2 Å². The van der Waals surface area contributed by atoms with Gasteiger partial charge in [0.2, 0.25) is 0 Å². The van der Waals surface area contributed by atoms with Crippen molar-refractivity contribution in [2.24, 2.45) is 23.7 Å². The predicted octanol–water partition coefficient (Wildman–Crippen LogP) is 24.0. The molecule has 0 aromatic heterocycles. The Hall–Kier alpha value is -1.94. The van der Waals surface area contributed by atoms with E-state index in [1.54, 1.807) is 0 Å². The van der Waals surface area contributed by atoms with Crippen LogP contribution >= 0.6 is 15.6 Å². The lowest BCUT2D eigenvalue weighted by Crippen LogP contribution is -2.30. The summed E-state index contributed by atoms with van der Waals surface area (Å²) in [4.78, 5) is 73.0. The Morgan fingerprint density at radius 2 is 0.480 bits per heavy atom. The SMILES string of the molecule is CCC(C)CCCCCCCCCCCCCCCCC(=O)OC[C@H](COP(=O)(O)OC[C@@H](O)COP(=O)(O)OC[C@@H](COC(=O)CCCCCCCCC(C)CC)OC(=O)CCCCCCCCCCCCCCCCC(C)CC)OC(=O)CCCCCCCCCCCCCC(C)C. The second-order valence-corrected chi connectivity index (χ2v) is 33.3. The van der Waals surface area contributed by atoms with Crippen LogP contribution in [0, 0.1) is 23.7 Å². The van der Waals surface area contributed by atoms with Crippen LogP contribution in [0.1, 0.15) is 415 Å². The van der Waals surface area contributed by atoms with Gasteiger partial charge in [-0.1, -0.05) is 364 Å². The van der Waals surface area contributed by atoms with Gasteiger partial charge in [0.25, 0.3) is 0 Å². The van der Waals surface area contributed by atoms with Gasteiger partial charge in [0, 0.05) is 25.7 Å². The predicted molar refractivity (Wildman–Crippen MR) is 409 cm³/mol. The van der Waals surface area contributed by atoms with Gasteiger partial charge in [0.15, 0.2) is 12.2 Å². The van der Waals surface area contributed by atoms with Crippen molar-refractivity contribution in [3.05, 3.63) is 0 Å². The number of esters is 4. The van der Waals surface area contributed by atoms with E-state index in [-0.39, 0.29) is 25.7 Å². The zero-order chi connectivity index (χ0) is 73.8. The van der Waals surface area contributed by atoms with Gasteiger partial charge < -0.3 is 33.8 Å². The lowest BCUT2D eigenvalue weighted by Gasteiger charge is -2.21. The lowest BCUT2D eigenvalue weighted by molar-refractivity contribution is -0.161. The standard InChI is InChI=1S/C81H158O17P2/c1-9-72(6)58-50-42-34-28-22-16-12-14-18-24-30-36-45-53-61-78(83)91-67-76(97-81(86)64-56-48-38-32-26-20-21-27-33-41-49-57-71(4)5)69-95-99(87,88)93-65-75(82)66-94-100(89,90)96-70-77(68-92-79(84)62-54-46-40-39-44-52-60-74(8)11-3)98-80(85)63-55-47-37-31-25-19-15-13-17-23-29-35-43-51-59-73(7)10-2/h71-77,82H,9-70H2,1-8H3,(H,87,88)(H,89,90)/t72?,73?,74?,75-,76-,77-/m1/s1. The molecule has 0 rings (SSSR count). The second kappa shape index (κ2) is 70.1. The normalized spacial score (nSPS) is 14.8. The molecule has 0 aliphatic heterocycles. The third-order valence-corrected chi connectivity index (χ3v) is 21.8. The Kier molecular flexibility index (Phi) is 68.7. The van der Waals surface area contributed by atoms with E-state index >= 15 is 0 Å². The van der Waals surface area contributed by atoms with Crippen molar-refractivity contribution < 1.29 is 80.2 Å². The average molecular weight is 1470 g/mol. The van der Waals surface area contributed by atoms with Crippen molar-refractivity contribution in [1.29, 1.82) is 0 Å². The number of carbonyl (C=O) groups is 4. The topological polar surface area (TPSA) is 237 Å². The Labute approximate surface area is 613 Å². The molecular weight excluding hydrogens is 1310 g/mol. The molecule has 0 aromatic carbocycles. The molecular formula is C81H158O17P2. The second-order valence-electron chi connectivity index (χ2n) is 30.4. The van der Waals surface area contributed by atoms with Crippen LogP contribution in [0.25, 0.3) is 0 Å². The highest BCUT2D eigenvalue weighted by atomic mass is 31.2. The maximum absolute atomic E-state index is 13.1. The number of carbonyl (C=O) groups excluding carboxylic acids is 4. The van der Waals surface area contributed by atoms with Gasteiger partial charge >= 0.3 is 39.5 Å². The van der Waals surface area contributed by atoms with Gasteiger partial charge in [-0.05, 0) is 49.4 Å². The van der Waals surface area contributed by atoms with Crippen LogP contribution in [0.3, 0.4) is 0 Å². The van der Waals surface area contributed by atoms with Crippen molar-refractivity contribution in [1.82, 2.24) is 0 Å². The Morgan fingerprint density at radius 3 is 0.710 bits per heavy atom. The number of phosphoric ester groups is 2. The van der Waals surface area contributed by atoms with Gasteiger partial charge in [-0.25, -0.2) is 9.13 Å². The van der Waals surface area contributed by atoms with E-state index in [2.05, 4.69) is 55.4 Å². The van der Waals surface area contributed by atoms with Crippen molar-refractivity contribution in [3.8, 4) is 0 Å². The number of phosphoric acid groups is 2. The first-order valence-corrected chi connectivity index (χ1v) is 44.8. The zero-order valence-electron chi connectivity index (χ0n) is 65.8. The maximum atomic E-state index is 13.1. The Morgan fingerprint density at radius 1 is 0.280 bits per heavy atom. The van der Waals surface area contributed by atoms with Crippen LogP contribution in [0.15, 0.2) is 0 Å². The van der Waals surface area contributed by atoms with Gasteiger partial charge in [-0.2, -0.15) is 0 Å². The van der Waals surface area contributed by atoms with E-state index in [1.807, 2.05) is 0 Å². The largest absolute Gasteiger partial charge is 0.472 e. The molecule has 594 valence electrons. The molecule has 0 amide bonds. The number of unbranched alkanes of at least 4 members (excludes halogenated alkanes) is 41. The monoisotopic (exact) mass is 1470 g/mol. The highest BCUT2D eigenvalue weighted by molar-refractivity contribution is 7.47. The van der Waals surface area contributed by atoms with Gasteiger partial charge in [-0.3, -0.25) is 37.3 Å². The number of aliphatic hydroxyl groups is 1. The van der Waals surface area contributed by atoms with Crippen LogP contribution < -0.4 is 0 Å². The van der Waals surface area contributed by atoms with Crippen LogP contribution in [0.5, 0.6) is 0 Å². The first kappa shape index (κ1) is 98.1. The van der Waals surface area contributed by atoms with E-state index in [4.69, 9.17) is 37.0 Å². The molecule has 8 atom stereocenters. The minimum absolute atomic E-state index is 0.106. The smallest absolute Gasteiger partial charge is 0.462 e. The average Bonchev–Trinajstić information content (AvgIpc) is 0.958. The Balaban J connectivity index is 5.24. The van der Waals surface area contributed by atoms with Crippen molar-refractivity contribution in [2.75, 3.05) is 39.6 Å². The number of rotatable bonds is 78. The minimum Gasteiger partial charge on any atom is -0.462 e. The molecule has 0 fully saturated rings. The summed E-state index contributed by atoms with van der Waals surface area (Å²) in [5.41, 5.74) is 0. The molecule has 19 heteroatoms. The third kappa shape index (κ3) is 70.4. The van der Waals surface area contributed by atoms with Crippen LogP contribution in [0.4, 0.5) is 0 Å². The zero-order valence-corrected chi connectivity index (χ0v) is 67.6. The first-order chi connectivity index (χ1) is 48.2. The number of hydrogen-bond acceptors (Lipinski definition) is 15. The van der Waals surface area contributed by atoms with Crippen LogP contribution in [-0.2, 0) is 65.4 Å². The molecule has 0 bridgehead atoms. The summed E-state index contributed by atoms with van der Waals surface area (Å²) in [5, 5.41) is 10.6. The first-order valence-electron chi connectivity index (χ1n) is 41.8. The van der Waals surface area contributed by atoms with E-state index in [0.717, 1.165) is 120 Å². The number of aliphatic hydroxyl groups excluding tert-OH is 1. The quantitative estimate of drug-likeness (QED) is 0.0222. The van der Waals surface area contributed by atoms with Gasteiger partial charge in [0.05, 0.1) is 26.4 Å². The maximum Gasteiger partial charge on any atom is 0.472 e. The molecule has 0 radical (unpaired) electrons. The lowest BCUT2D eigenvalue weighted by atomic mass is 9.99.